The van der Waals surface area contributed by atoms with Gasteiger partial charge < -0.3 is 14.7 Å². The molecule has 0 aliphatic carbocycles. The van der Waals surface area contributed by atoms with E-state index in [9.17, 15) is 4.79 Å². The second-order valence-electron chi connectivity index (χ2n) is 3.16. The molecule has 0 spiro atoms. The molecule has 2 N–H and O–H groups in total. The molecule has 5 heteroatoms. The Morgan fingerprint density at radius 3 is 2.93 bits per heavy atom. The van der Waals surface area contributed by atoms with Gasteiger partial charge in [0.2, 0.25) is 0 Å². The van der Waals surface area contributed by atoms with Crippen molar-refractivity contribution in [1.82, 2.24) is 9.55 Å². The topological polar surface area (TPSA) is 74.0 Å². The number of carbonyl (C=O) groups is 1. The first kappa shape index (κ1) is 9.67. The second-order valence-corrected chi connectivity index (χ2v) is 3.16. The molecule has 0 bridgehead atoms. The van der Waals surface area contributed by atoms with E-state index in [1.165, 1.54) is 0 Å². The summed E-state index contributed by atoms with van der Waals surface area (Å²) in [6, 6.07) is 3.30. The Hall–Kier alpha value is -1.88. The molecular formula is C10H11N3O2. The molecule has 0 amide bonds. The fraction of sp³-hybridized carbons (Fsp3) is 0.200. The van der Waals surface area contributed by atoms with Crippen molar-refractivity contribution in [2.45, 2.75) is 6.54 Å². The standard InChI is InChI=1S/C10H11N3O2/c1-13-5-4-12-10(13)9(14)8-3-2-7(6-11)15-8/h2-5H,6,11H2,1H3. The summed E-state index contributed by atoms with van der Waals surface area (Å²) < 4.78 is 6.89. The smallest absolute Gasteiger partial charge is 0.263 e. The Morgan fingerprint density at radius 2 is 2.40 bits per heavy atom. The van der Waals surface area contributed by atoms with Crippen molar-refractivity contribution in [2.24, 2.45) is 12.8 Å². The number of nitrogens with two attached hydrogens (primary N) is 1. The summed E-state index contributed by atoms with van der Waals surface area (Å²) in [6.07, 6.45) is 3.28. The summed E-state index contributed by atoms with van der Waals surface area (Å²) in [7, 11) is 1.76. The highest BCUT2D eigenvalue weighted by molar-refractivity contribution is 6.04. The zero-order valence-electron chi connectivity index (χ0n) is 8.30. The molecule has 78 valence electrons. The molecule has 0 saturated carbocycles. The number of rotatable bonds is 3. The third-order valence-corrected chi connectivity index (χ3v) is 2.11. The number of aryl methyl sites for hydroxylation is 1. The Bertz CT molecular complexity index is 484. The summed E-state index contributed by atoms with van der Waals surface area (Å²) >= 11 is 0. The van der Waals surface area contributed by atoms with Gasteiger partial charge in [-0.3, -0.25) is 4.79 Å². The van der Waals surface area contributed by atoms with E-state index in [-0.39, 0.29) is 18.1 Å². The SMILES string of the molecule is Cn1ccnc1C(=O)c1ccc(CN)o1. The van der Waals surface area contributed by atoms with E-state index in [1.54, 1.807) is 36.1 Å². The van der Waals surface area contributed by atoms with Gasteiger partial charge in [-0.15, -0.1) is 0 Å². The molecule has 2 rings (SSSR count). The molecule has 15 heavy (non-hydrogen) atoms. The molecule has 0 radical (unpaired) electrons. The van der Waals surface area contributed by atoms with E-state index < -0.39 is 0 Å². The van der Waals surface area contributed by atoms with Crippen LogP contribution < -0.4 is 5.73 Å². The molecule has 0 aliphatic rings. The van der Waals surface area contributed by atoms with E-state index in [0.29, 0.717) is 11.6 Å². The van der Waals surface area contributed by atoms with E-state index in [4.69, 9.17) is 10.2 Å². The fourth-order valence-electron chi connectivity index (χ4n) is 1.30. The number of imidazole rings is 1. The molecule has 0 aromatic carbocycles. The molecule has 2 heterocycles. The van der Waals surface area contributed by atoms with Gasteiger partial charge in [0, 0.05) is 19.4 Å². The highest BCUT2D eigenvalue weighted by atomic mass is 16.3. The van der Waals surface area contributed by atoms with Crippen LogP contribution >= 0.6 is 0 Å². The van der Waals surface area contributed by atoms with Gasteiger partial charge >= 0.3 is 0 Å². The summed E-state index contributed by atoms with van der Waals surface area (Å²) in [4.78, 5) is 15.8. The lowest BCUT2D eigenvalue weighted by atomic mass is 10.3. The quantitative estimate of drug-likeness (QED) is 0.748. The van der Waals surface area contributed by atoms with Crippen LogP contribution in [0.4, 0.5) is 0 Å². The van der Waals surface area contributed by atoms with E-state index in [0.717, 1.165) is 0 Å². The molecule has 5 nitrogen and oxygen atoms in total. The summed E-state index contributed by atoms with van der Waals surface area (Å²) in [5, 5.41) is 0. The van der Waals surface area contributed by atoms with Crippen LogP contribution in [0.1, 0.15) is 22.1 Å². The van der Waals surface area contributed by atoms with Gasteiger partial charge in [0.05, 0.1) is 6.54 Å². The largest absolute Gasteiger partial charge is 0.456 e. The minimum atomic E-state index is -0.234. The number of furan rings is 1. The minimum Gasteiger partial charge on any atom is -0.456 e. The maximum atomic E-state index is 11.8. The third-order valence-electron chi connectivity index (χ3n) is 2.11. The molecule has 0 saturated heterocycles. The third kappa shape index (κ3) is 1.69. The Labute approximate surface area is 86.5 Å². The first-order chi connectivity index (χ1) is 7.22. The number of ketones is 1. The summed E-state index contributed by atoms with van der Waals surface area (Å²) in [5.41, 5.74) is 5.39. The van der Waals surface area contributed by atoms with Crippen LogP contribution in [0, 0.1) is 0 Å². The van der Waals surface area contributed by atoms with Crippen LogP contribution in [0.15, 0.2) is 28.9 Å². The number of nitrogens with zero attached hydrogens (tertiary/aromatic N) is 2. The van der Waals surface area contributed by atoms with Crippen LogP contribution in [-0.4, -0.2) is 15.3 Å². The van der Waals surface area contributed by atoms with Crippen molar-refractivity contribution < 1.29 is 9.21 Å². The van der Waals surface area contributed by atoms with Gasteiger partial charge in [0.15, 0.2) is 11.6 Å². The van der Waals surface area contributed by atoms with E-state index in [2.05, 4.69) is 4.98 Å². The number of hydrogen-bond donors (Lipinski definition) is 1. The van der Waals surface area contributed by atoms with Gasteiger partial charge in [-0.05, 0) is 12.1 Å². The van der Waals surface area contributed by atoms with Crippen molar-refractivity contribution in [3.05, 3.63) is 41.9 Å². The van der Waals surface area contributed by atoms with Crippen LogP contribution in [0.3, 0.4) is 0 Å². The van der Waals surface area contributed by atoms with Crippen LogP contribution in [0.2, 0.25) is 0 Å². The lowest BCUT2D eigenvalue weighted by Gasteiger charge is -1.97. The maximum absolute atomic E-state index is 11.8. The minimum absolute atomic E-state index is 0.234. The Kier molecular flexibility index (Phi) is 2.39. The van der Waals surface area contributed by atoms with Gasteiger partial charge in [-0.1, -0.05) is 0 Å². The lowest BCUT2D eigenvalue weighted by molar-refractivity contribution is 0.0995. The van der Waals surface area contributed by atoms with Gasteiger partial charge in [0.25, 0.3) is 5.78 Å². The number of aromatic nitrogens is 2. The average molecular weight is 205 g/mol. The van der Waals surface area contributed by atoms with Gasteiger partial charge in [-0.2, -0.15) is 0 Å². The zero-order chi connectivity index (χ0) is 10.8. The highest BCUT2D eigenvalue weighted by Gasteiger charge is 2.17. The van der Waals surface area contributed by atoms with E-state index >= 15 is 0 Å². The van der Waals surface area contributed by atoms with Gasteiger partial charge in [-0.25, -0.2) is 4.98 Å². The maximum Gasteiger partial charge on any atom is 0.263 e. The summed E-state index contributed by atoms with van der Waals surface area (Å²) in [6.45, 7) is 0.286. The van der Waals surface area contributed by atoms with Crippen molar-refractivity contribution >= 4 is 5.78 Å². The molecule has 0 atom stereocenters. The lowest BCUT2D eigenvalue weighted by Crippen LogP contribution is -2.07. The zero-order valence-corrected chi connectivity index (χ0v) is 8.30. The van der Waals surface area contributed by atoms with Crippen LogP contribution in [-0.2, 0) is 13.6 Å². The molecule has 0 aliphatic heterocycles. The van der Waals surface area contributed by atoms with Crippen LogP contribution in [0.25, 0.3) is 0 Å². The van der Waals surface area contributed by atoms with Gasteiger partial charge in [0.1, 0.15) is 5.76 Å². The Morgan fingerprint density at radius 1 is 1.60 bits per heavy atom. The first-order valence-electron chi connectivity index (χ1n) is 4.53. The number of carbonyl (C=O) groups excluding carboxylic acids is 1. The molecular weight excluding hydrogens is 194 g/mol. The molecule has 0 unspecified atom stereocenters. The second kappa shape index (κ2) is 3.70. The fourth-order valence-corrected chi connectivity index (χ4v) is 1.30. The molecule has 2 aromatic heterocycles. The highest BCUT2D eigenvalue weighted by Crippen LogP contribution is 2.11. The first-order valence-corrected chi connectivity index (χ1v) is 4.53. The van der Waals surface area contributed by atoms with Crippen molar-refractivity contribution in [3.63, 3.8) is 0 Å². The number of hydrogen-bond acceptors (Lipinski definition) is 4. The predicted molar refractivity (Wildman–Crippen MR) is 53.2 cm³/mol. The van der Waals surface area contributed by atoms with E-state index in [1.807, 2.05) is 0 Å². The van der Waals surface area contributed by atoms with Crippen molar-refractivity contribution in [2.75, 3.05) is 0 Å². The molecule has 2 aromatic rings. The average Bonchev–Trinajstić information content (AvgIpc) is 2.84. The van der Waals surface area contributed by atoms with Crippen molar-refractivity contribution in [1.29, 1.82) is 0 Å². The van der Waals surface area contributed by atoms with Crippen molar-refractivity contribution in [3.8, 4) is 0 Å². The Balaban J connectivity index is 2.32. The normalized spacial score (nSPS) is 10.5. The van der Waals surface area contributed by atoms with Crippen LogP contribution in [0.5, 0.6) is 0 Å². The monoisotopic (exact) mass is 205 g/mol. The summed E-state index contributed by atoms with van der Waals surface area (Å²) in [5.74, 6) is 0.979. The molecule has 0 fully saturated rings. The predicted octanol–water partition coefficient (Wildman–Crippen LogP) is 0.703.